The van der Waals surface area contributed by atoms with Gasteiger partial charge in [-0.05, 0) is 36.4 Å². The van der Waals surface area contributed by atoms with Crippen LogP contribution in [0.1, 0.15) is 0 Å². The van der Waals surface area contributed by atoms with Crippen LogP contribution >= 0.6 is 11.6 Å². The topological polar surface area (TPSA) is 64.3 Å². The molecule has 2 aromatic carbocycles. The van der Waals surface area contributed by atoms with E-state index in [4.69, 9.17) is 22.1 Å². The molecule has 0 aliphatic rings. The van der Waals surface area contributed by atoms with E-state index in [1.54, 1.807) is 0 Å². The number of hydrogen-bond acceptors (Lipinski definition) is 3. The van der Waals surface area contributed by atoms with Crippen molar-refractivity contribution in [1.82, 2.24) is 0 Å². The van der Waals surface area contributed by atoms with Crippen molar-refractivity contribution in [3.05, 3.63) is 53.1 Å². The number of benzene rings is 2. The summed E-state index contributed by atoms with van der Waals surface area (Å²) in [6.07, 6.45) is 0. The zero-order valence-corrected chi connectivity index (χ0v) is 11.5. The summed E-state index contributed by atoms with van der Waals surface area (Å²) in [6.45, 7) is -0.331. The molecular weight excluding hydrogens is 302 g/mol. The number of nitrogens with two attached hydrogens (primary N) is 1. The standard InChI is InChI=1S/C14H11ClF2N2O2/c15-10-5-8(16)1-4-13(10)21-7-14(20)19-9-2-3-11(17)12(18)6-9/h1-6H,7,18H2,(H,19,20). The Balaban J connectivity index is 1.94. The molecule has 0 bridgehead atoms. The van der Waals surface area contributed by atoms with Gasteiger partial charge in [0.25, 0.3) is 5.91 Å². The van der Waals surface area contributed by atoms with E-state index in [9.17, 15) is 13.6 Å². The zero-order valence-electron chi connectivity index (χ0n) is 10.7. The number of carbonyl (C=O) groups excluding carboxylic acids is 1. The molecule has 2 rings (SSSR count). The third-order valence-electron chi connectivity index (χ3n) is 2.53. The van der Waals surface area contributed by atoms with Crippen molar-refractivity contribution in [2.45, 2.75) is 0 Å². The molecule has 2 aromatic rings. The van der Waals surface area contributed by atoms with Crippen molar-refractivity contribution in [2.24, 2.45) is 0 Å². The van der Waals surface area contributed by atoms with Crippen LogP contribution in [0.5, 0.6) is 5.75 Å². The number of rotatable bonds is 4. The van der Waals surface area contributed by atoms with Crippen LogP contribution in [0, 0.1) is 11.6 Å². The summed E-state index contributed by atoms with van der Waals surface area (Å²) in [5, 5.41) is 2.55. The molecule has 0 aliphatic heterocycles. The smallest absolute Gasteiger partial charge is 0.262 e. The van der Waals surface area contributed by atoms with Gasteiger partial charge >= 0.3 is 0 Å². The van der Waals surface area contributed by atoms with Crippen LogP contribution in [0.3, 0.4) is 0 Å². The molecule has 0 heterocycles. The van der Waals surface area contributed by atoms with Crippen LogP contribution < -0.4 is 15.8 Å². The van der Waals surface area contributed by atoms with Crippen LogP contribution in [0.4, 0.5) is 20.2 Å². The predicted molar refractivity (Wildman–Crippen MR) is 76.3 cm³/mol. The first kappa shape index (κ1) is 15.1. The molecule has 0 fully saturated rings. The number of halogens is 3. The van der Waals surface area contributed by atoms with Gasteiger partial charge in [-0.3, -0.25) is 4.79 Å². The number of amides is 1. The molecule has 4 nitrogen and oxygen atoms in total. The van der Waals surface area contributed by atoms with E-state index in [1.165, 1.54) is 24.3 Å². The Kier molecular flexibility index (Phi) is 4.59. The van der Waals surface area contributed by atoms with E-state index in [0.717, 1.165) is 12.1 Å². The second-order valence-electron chi connectivity index (χ2n) is 4.15. The Hall–Kier alpha value is -2.34. The summed E-state index contributed by atoms with van der Waals surface area (Å²) >= 11 is 5.76. The summed E-state index contributed by atoms with van der Waals surface area (Å²) < 4.78 is 31.0. The summed E-state index contributed by atoms with van der Waals surface area (Å²) in [7, 11) is 0. The second kappa shape index (κ2) is 6.41. The molecule has 0 saturated heterocycles. The molecule has 3 N–H and O–H groups in total. The molecule has 7 heteroatoms. The summed E-state index contributed by atoms with van der Waals surface area (Å²) in [5.41, 5.74) is 5.65. The van der Waals surface area contributed by atoms with Crippen LogP contribution in [0.15, 0.2) is 36.4 Å². The first-order chi connectivity index (χ1) is 9.95. The normalized spacial score (nSPS) is 10.2. The van der Waals surface area contributed by atoms with Gasteiger partial charge < -0.3 is 15.8 Å². The van der Waals surface area contributed by atoms with Crippen LogP contribution in [-0.2, 0) is 4.79 Å². The quantitative estimate of drug-likeness (QED) is 0.852. The largest absolute Gasteiger partial charge is 0.482 e. The van der Waals surface area contributed by atoms with E-state index >= 15 is 0 Å². The number of nitrogen functional groups attached to an aromatic ring is 1. The highest BCUT2D eigenvalue weighted by molar-refractivity contribution is 6.32. The Labute approximate surface area is 124 Å². The van der Waals surface area contributed by atoms with E-state index in [1.807, 2.05) is 0 Å². The SMILES string of the molecule is Nc1cc(NC(=O)COc2ccc(F)cc2Cl)ccc1F. The molecule has 0 spiro atoms. The van der Waals surface area contributed by atoms with Gasteiger partial charge in [-0.2, -0.15) is 0 Å². The maximum absolute atomic E-state index is 13.0. The lowest BCUT2D eigenvalue weighted by Gasteiger charge is -2.09. The Morgan fingerprint density at radius 3 is 2.67 bits per heavy atom. The molecule has 0 aromatic heterocycles. The van der Waals surface area contributed by atoms with Gasteiger partial charge in [0.2, 0.25) is 0 Å². The predicted octanol–water partition coefficient (Wildman–Crippen LogP) is 3.22. The fraction of sp³-hybridized carbons (Fsp3) is 0.0714. The molecule has 0 saturated carbocycles. The highest BCUT2D eigenvalue weighted by Crippen LogP contribution is 2.24. The van der Waals surface area contributed by atoms with E-state index in [-0.39, 0.29) is 23.1 Å². The maximum Gasteiger partial charge on any atom is 0.262 e. The lowest BCUT2D eigenvalue weighted by atomic mass is 10.2. The summed E-state index contributed by atoms with van der Waals surface area (Å²) in [4.78, 5) is 11.7. The second-order valence-corrected chi connectivity index (χ2v) is 4.56. The highest BCUT2D eigenvalue weighted by atomic mass is 35.5. The van der Waals surface area contributed by atoms with Crippen LogP contribution in [0.25, 0.3) is 0 Å². The fourth-order valence-corrected chi connectivity index (χ4v) is 1.78. The minimum atomic E-state index is -0.567. The van der Waals surface area contributed by atoms with Crippen molar-refractivity contribution < 1.29 is 18.3 Å². The van der Waals surface area contributed by atoms with Crippen molar-refractivity contribution >= 4 is 28.9 Å². The lowest BCUT2D eigenvalue weighted by Crippen LogP contribution is -2.20. The van der Waals surface area contributed by atoms with Gasteiger partial charge in [0.05, 0.1) is 10.7 Å². The van der Waals surface area contributed by atoms with Crippen molar-refractivity contribution in [3.63, 3.8) is 0 Å². The average molecular weight is 313 g/mol. The monoisotopic (exact) mass is 312 g/mol. The maximum atomic E-state index is 13.0. The molecule has 0 radical (unpaired) electrons. The van der Waals surface area contributed by atoms with Crippen LogP contribution in [0.2, 0.25) is 5.02 Å². The lowest BCUT2D eigenvalue weighted by molar-refractivity contribution is -0.118. The van der Waals surface area contributed by atoms with Gasteiger partial charge in [0.15, 0.2) is 6.61 Å². The average Bonchev–Trinajstić information content (AvgIpc) is 2.42. The molecule has 0 aliphatic carbocycles. The Morgan fingerprint density at radius 1 is 1.24 bits per heavy atom. The minimum absolute atomic E-state index is 0.0637. The van der Waals surface area contributed by atoms with Gasteiger partial charge in [-0.25, -0.2) is 8.78 Å². The van der Waals surface area contributed by atoms with Gasteiger partial charge in [0.1, 0.15) is 17.4 Å². The number of ether oxygens (including phenoxy) is 1. The fourth-order valence-electron chi connectivity index (χ4n) is 1.55. The first-order valence-corrected chi connectivity index (χ1v) is 6.26. The van der Waals surface area contributed by atoms with Gasteiger partial charge in [0, 0.05) is 5.69 Å². The van der Waals surface area contributed by atoms with Gasteiger partial charge in [-0.15, -0.1) is 0 Å². The van der Waals surface area contributed by atoms with Crippen molar-refractivity contribution in [3.8, 4) is 5.75 Å². The van der Waals surface area contributed by atoms with E-state index in [0.29, 0.717) is 5.69 Å². The molecule has 1 amide bonds. The number of anilines is 2. The Bertz CT molecular complexity index is 680. The van der Waals surface area contributed by atoms with Crippen molar-refractivity contribution in [2.75, 3.05) is 17.7 Å². The minimum Gasteiger partial charge on any atom is -0.482 e. The summed E-state index contributed by atoms with van der Waals surface area (Å²) in [6, 6.07) is 7.37. The third kappa shape index (κ3) is 4.06. The molecule has 21 heavy (non-hydrogen) atoms. The number of carbonyl (C=O) groups is 1. The van der Waals surface area contributed by atoms with Crippen molar-refractivity contribution in [1.29, 1.82) is 0 Å². The van der Waals surface area contributed by atoms with E-state index in [2.05, 4.69) is 5.32 Å². The van der Waals surface area contributed by atoms with Gasteiger partial charge in [-0.1, -0.05) is 11.6 Å². The number of hydrogen-bond donors (Lipinski definition) is 2. The third-order valence-corrected chi connectivity index (χ3v) is 2.83. The highest BCUT2D eigenvalue weighted by Gasteiger charge is 2.08. The van der Waals surface area contributed by atoms with E-state index < -0.39 is 17.5 Å². The molecule has 0 atom stereocenters. The molecular formula is C14H11ClF2N2O2. The first-order valence-electron chi connectivity index (χ1n) is 5.88. The molecule has 0 unspecified atom stereocenters. The Morgan fingerprint density at radius 2 is 2.00 bits per heavy atom. The zero-order chi connectivity index (χ0) is 15.4. The molecule has 110 valence electrons. The summed E-state index contributed by atoms with van der Waals surface area (Å²) in [5.74, 6) is -1.37. The number of nitrogens with one attached hydrogen (secondary N) is 1. The van der Waals surface area contributed by atoms with Crippen LogP contribution in [-0.4, -0.2) is 12.5 Å².